The minimum Gasteiger partial charge on any atom is -0.371 e. The highest BCUT2D eigenvalue weighted by Gasteiger charge is 2.21. The monoisotopic (exact) mass is 612 g/mol. The molecule has 0 unspecified atom stereocenters. The van der Waals surface area contributed by atoms with Gasteiger partial charge in [0.05, 0.1) is 16.7 Å². The second-order valence-electron chi connectivity index (χ2n) is 10.7. The fourth-order valence-electron chi connectivity index (χ4n) is 5.90. The molecule has 220 valence electrons. The van der Waals surface area contributed by atoms with Crippen molar-refractivity contribution in [3.8, 4) is 11.3 Å². The topological polar surface area (TPSA) is 77.5 Å². The summed E-state index contributed by atoms with van der Waals surface area (Å²) in [5.41, 5.74) is 5.74. The summed E-state index contributed by atoms with van der Waals surface area (Å²) in [6, 6.07) is 18.7. The van der Waals surface area contributed by atoms with Crippen LogP contribution in [0, 0.1) is 5.82 Å². The van der Waals surface area contributed by atoms with Crippen molar-refractivity contribution >= 4 is 58.9 Å². The van der Waals surface area contributed by atoms with E-state index in [1.165, 1.54) is 0 Å². The number of hydrogen-bond donors (Lipinski definition) is 3. The number of piperidine rings is 1. The zero-order valence-corrected chi connectivity index (χ0v) is 24.4. The van der Waals surface area contributed by atoms with Crippen molar-refractivity contribution in [1.29, 1.82) is 0 Å². The molecule has 0 radical (unpaired) electrons. The molecule has 0 spiro atoms. The molecule has 0 bridgehead atoms. The van der Waals surface area contributed by atoms with Crippen LogP contribution in [0.15, 0.2) is 66.9 Å². The van der Waals surface area contributed by atoms with Crippen LogP contribution < -0.4 is 15.5 Å². The Kier molecular flexibility index (Phi) is 8.73. The molecule has 7 nitrogen and oxygen atoms in total. The van der Waals surface area contributed by atoms with Gasteiger partial charge in [-0.05, 0) is 86.3 Å². The standard InChI is InChI=1S/C31H30F2N6O.2ClH/c32-21-10-13-38(14-11-21)23-4-1-3-22(17-23)35-30(40)20-7-9-29-27(16-20)36-31-37-28(18-39(29)31)24-8-6-19(15-25(24)33)26-5-2-12-34-26;;/h1,3-4,6-9,15-18,21,26,34H,2,5,10-14H2,(H,35,40)(H,36,37);2*1H/t26-;;/m0../s1. The number of hydrogen-bond acceptors (Lipinski definition) is 4. The molecule has 42 heavy (non-hydrogen) atoms. The third-order valence-electron chi connectivity index (χ3n) is 8.10. The Balaban J connectivity index is 0.00000176. The van der Waals surface area contributed by atoms with Gasteiger partial charge in [0.15, 0.2) is 0 Å². The van der Waals surface area contributed by atoms with Crippen LogP contribution in [-0.4, -0.2) is 46.1 Å². The molecule has 3 aromatic carbocycles. The minimum absolute atomic E-state index is 0. The number of imidazole rings is 2. The van der Waals surface area contributed by atoms with Crippen molar-refractivity contribution < 1.29 is 13.6 Å². The number of amides is 1. The number of alkyl halides is 1. The van der Waals surface area contributed by atoms with Crippen LogP contribution in [0.25, 0.3) is 28.1 Å². The van der Waals surface area contributed by atoms with E-state index in [0.29, 0.717) is 54.2 Å². The van der Waals surface area contributed by atoms with Crippen molar-refractivity contribution in [2.45, 2.75) is 37.9 Å². The van der Waals surface area contributed by atoms with Crippen LogP contribution >= 0.6 is 24.8 Å². The first kappa shape index (κ1) is 29.8. The zero-order valence-electron chi connectivity index (χ0n) is 22.8. The van der Waals surface area contributed by atoms with Crippen molar-refractivity contribution in [2.75, 3.05) is 29.9 Å². The molecule has 2 fully saturated rings. The van der Waals surface area contributed by atoms with E-state index in [2.05, 4.69) is 25.5 Å². The van der Waals surface area contributed by atoms with Crippen LogP contribution in [0.4, 0.5) is 20.2 Å². The number of anilines is 2. The highest BCUT2D eigenvalue weighted by Crippen LogP contribution is 2.30. The quantitative estimate of drug-likeness (QED) is 0.198. The van der Waals surface area contributed by atoms with Gasteiger partial charge in [-0.25, -0.2) is 13.8 Å². The summed E-state index contributed by atoms with van der Waals surface area (Å²) in [6.07, 6.45) is 4.25. The second-order valence-corrected chi connectivity index (χ2v) is 10.7. The zero-order chi connectivity index (χ0) is 27.2. The fourth-order valence-corrected chi connectivity index (χ4v) is 5.90. The van der Waals surface area contributed by atoms with Gasteiger partial charge in [0.1, 0.15) is 12.0 Å². The van der Waals surface area contributed by atoms with E-state index in [4.69, 9.17) is 0 Å². The molecule has 0 aliphatic carbocycles. The Hall–Kier alpha value is -3.66. The predicted molar refractivity (Wildman–Crippen MR) is 168 cm³/mol. The lowest BCUT2D eigenvalue weighted by molar-refractivity contribution is 0.102. The normalized spacial score (nSPS) is 17.3. The summed E-state index contributed by atoms with van der Waals surface area (Å²) >= 11 is 0. The third-order valence-corrected chi connectivity index (χ3v) is 8.10. The number of aromatic amines is 1. The number of nitrogens with one attached hydrogen (secondary N) is 3. The van der Waals surface area contributed by atoms with Gasteiger partial charge in [-0.15, -0.1) is 24.8 Å². The van der Waals surface area contributed by atoms with Crippen LogP contribution in [0.1, 0.15) is 47.6 Å². The maximum absolute atomic E-state index is 15.1. The Morgan fingerprint density at radius 3 is 2.60 bits per heavy atom. The summed E-state index contributed by atoms with van der Waals surface area (Å²) in [4.78, 5) is 23.1. The van der Waals surface area contributed by atoms with E-state index in [9.17, 15) is 9.18 Å². The molecule has 1 atom stereocenters. The number of fused-ring (bicyclic) bond motifs is 3. The molecule has 2 saturated heterocycles. The van der Waals surface area contributed by atoms with Crippen LogP contribution in [0.3, 0.4) is 0 Å². The molecule has 4 heterocycles. The molecule has 1 amide bonds. The smallest absolute Gasteiger partial charge is 0.255 e. The summed E-state index contributed by atoms with van der Waals surface area (Å²) in [6.45, 7) is 2.30. The highest BCUT2D eigenvalue weighted by atomic mass is 35.5. The number of aromatic nitrogens is 3. The first-order valence-corrected chi connectivity index (χ1v) is 13.9. The molecule has 3 N–H and O–H groups in total. The number of carbonyl (C=O) groups is 1. The predicted octanol–water partition coefficient (Wildman–Crippen LogP) is 7.08. The van der Waals surface area contributed by atoms with Gasteiger partial charge in [-0.2, -0.15) is 0 Å². The number of rotatable bonds is 5. The number of halogens is 4. The van der Waals surface area contributed by atoms with Crippen molar-refractivity contribution in [1.82, 2.24) is 19.7 Å². The van der Waals surface area contributed by atoms with Gasteiger partial charge in [0.25, 0.3) is 5.91 Å². The number of nitrogens with zero attached hydrogens (tertiary/aromatic N) is 3. The molecule has 11 heteroatoms. The number of benzene rings is 3. The number of H-pyrrole nitrogens is 1. The second kappa shape index (κ2) is 12.3. The molecular weight excluding hydrogens is 581 g/mol. The Morgan fingerprint density at radius 2 is 1.83 bits per heavy atom. The molecule has 5 aromatic rings. The van der Waals surface area contributed by atoms with E-state index in [1.807, 2.05) is 47.0 Å². The molecule has 0 saturated carbocycles. The SMILES string of the molecule is Cl.Cl.O=C(Nc1cccc(N2CCC(F)CC2)c1)c1ccc2c(c1)[nH]c1nc(-c3ccc([C@@H]4CCCN4)cc3F)cn12. The molecular formula is C31H32Cl2F2N6O. The van der Waals surface area contributed by atoms with Crippen LogP contribution in [0.2, 0.25) is 0 Å². The lowest BCUT2D eigenvalue weighted by atomic mass is 10.0. The largest absolute Gasteiger partial charge is 0.371 e. The van der Waals surface area contributed by atoms with Crippen LogP contribution in [0.5, 0.6) is 0 Å². The van der Waals surface area contributed by atoms with Gasteiger partial charge in [0, 0.05) is 47.8 Å². The van der Waals surface area contributed by atoms with Gasteiger partial charge >= 0.3 is 0 Å². The summed E-state index contributed by atoms with van der Waals surface area (Å²) in [5.74, 6) is 0.0628. The maximum Gasteiger partial charge on any atom is 0.255 e. The van der Waals surface area contributed by atoms with Gasteiger partial charge < -0.3 is 20.5 Å². The lowest BCUT2D eigenvalue weighted by Crippen LogP contribution is -2.34. The van der Waals surface area contributed by atoms with E-state index >= 15 is 4.39 Å². The Morgan fingerprint density at radius 1 is 1.00 bits per heavy atom. The first-order chi connectivity index (χ1) is 19.5. The van der Waals surface area contributed by atoms with E-state index in [-0.39, 0.29) is 42.6 Å². The maximum atomic E-state index is 15.1. The molecule has 2 aromatic heterocycles. The number of carbonyl (C=O) groups excluding carboxylic acids is 1. The van der Waals surface area contributed by atoms with E-state index in [1.54, 1.807) is 24.3 Å². The molecule has 2 aliphatic heterocycles. The van der Waals surface area contributed by atoms with Gasteiger partial charge in [0.2, 0.25) is 5.78 Å². The average Bonchev–Trinajstić information content (AvgIpc) is 3.70. The van der Waals surface area contributed by atoms with E-state index in [0.717, 1.165) is 41.7 Å². The average molecular weight is 614 g/mol. The highest BCUT2D eigenvalue weighted by molar-refractivity contribution is 6.06. The van der Waals surface area contributed by atoms with Crippen molar-refractivity contribution in [2.24, 2.45) is 0 Å². The molecule has 7 rings (SSSR count). The third kappa shape index (κ3) is 5.69. The summed E-state index contributed by atoms with van der Waals surface area (Å²) in [7, 11) is 0. The summed E-state index contributed by atoms with van der Waals surface area (Å²) < 4.78 is 30.5. The lowest BCUT2D eigenvalue weighted by Gasteiger charge is -2.30. The van der Waals surface area contributed by atoms with Crippen LogP contribution in [-0.2, 0) is 0 Å². The van der Waals surface area contributed by atoms with Crippen molar-refractivity contribution in [3.05, 3.63) is 83.8 Å². The van der Waals surface area contributed by atoms with E-state index < -0.39 is 6.17 Å². The van der Waals surface area contributed by atoms with Gasteiger partial charge in [-0.3, -0.25) is 9.20 Å². The Labute approximate surface area is 254 Å². The minimum atomic E-state index is -0.733. The van der Waals surface area contributed by atoms with Gasteiger partial charge in [-0.1, -0.05) is 12.1 Å². The summed E-state index contributed by atoms with van der Waals surface area (Å²) in [5, 5.41) is 6.38. The molecule has 2 aliphatic rings. The Bertz CT molecular complexity index is 1720. The first-order valence-electron chi connectivity index (χ1n) is 13.9. The fraction of sp³-hybridized carbons (Fsp3) is 0.290. The van der Waals surface area contributed by atoms with Crippen molar-refractivity contribution in [3.63, 3.8) is 0 Å².